The molecule has 2 rings (SSSR count). The van der Waals surface area contributed by atoms with Crippen LogP contribution in [0.25, 0.3) is 11.3 Å². The number of hydrogen-bond acceptors (Lipinski definition) is 5. The topological polar surface area (TPSA) is 78.0 Å². The zero-order chi connectivity index (χ0) is 15.2. The summed E-state index contributed by atoms with van der Waals surface area (Å²) in [7, 11) is 0. The highest BCUT2D eigenvalue weighted by Crippen LogP contribution is 2.22. The van der Waals surface area contributed by atoms with Crippen molar-refractivity contribution in [1.29, 1.82) is 0 Å². The van der Waals surface area contributed by atoms with Gasteiger partial charge in [-0.05, 0) is 25.7 Å². The molecule has 2 aromatic rings. The van der Waals surface area contributed by atoms with Crippen LogP contribution in [-0.2, 0) is 0 Å². The van der Waals surface area contributed by atoms with Crippen molar-refractivity contribution in [2.75, 3.05) is 18.6 Å². The molecule has 0 aromatic carbocycles. The van der Waals surface area contributed by atoms with Crippen LogP contribution in [0.2, 0.25) is 0 Å². The number of nitrogens with one attached hydrogen (secondary N) is 2. The number of carbonyl (C=O) groups is 1. The minimum absolute atomic E-state index is 0.0224. The Morgan fingerprint density at radius 2 is 2.43 bits per heavy atom. The summed E-state index contributed by atoms with van der Waals surface area (Å²) in [6.07, 6.45) is 4.33. The molecule has 1 unspecified atom stereocenters. The van der Waals surface area contributed by atoms with Crippen LogP contribution in [-0.4, -0.2) is 45.6 Å². The monoisotopic (exact) mass is 325 g/mol. The fourth-order valence-electron chi connectivity index (χ4n) is 1.99. The summed E-state index contributed by atoms with van der Waals surface area (Å²) in [5.74, 6) is 0.631. The van der Waals surface area contributed by atoms with Crippen LogP contribution in [0.1, 0.15) is 21.9 Å². The summed E-state index contributed by atoms with van der Waals surface area (Å²) in [5, 5.41) is 14.9. The van der Waals surface area contributed by atoms with Crippen molar-refractivity contribution in [3.05, 3.63) is 28.3 Å². The van der Waals surface area contributed by atoms with Gasteiger partial charge in [0.25, 0.3) is 5.91 Å². The highest BCUT2D eigenvalue weighted by Gasteiger charge is 2.15. The number of rotatable bonds is 7. The summed E-state index contributed by atoms with van der Waals surface area (Å²) >= 11 is 3.23. The van der Waals surface area contributed by atoms with E-state index >= 15 is 0 Å². The molecule has 0 spiro atoms. The number of thiazole rings is 1. The van der Waals surface area contributed by atoms with Gasteiger partial charge in [-0.2, -0.15) is 11.8 Å². The third-order valence-electron chi connectivity index (χ3n) is 3.02. The number of thioether (sulfide) groups is 1. The number of amides is 1. The molecule has 1 atom stereocenters. The molecule has 1 amide bonds. The molecule has 0 saturated carbocycles. The lowest BCUT2D eigenvalue weighted by molar-refractivity contribution is 0.0931. The highest BCUT2D eigenvalue weighted by atomic mass is 32.2. The number of aliphatic hydroxyl groups is 1. The molecule has 3 N–H and O–H groups in total. The molecule has 0 aliphatic heterocycles. The SMILES string of the molecule is CSCC(CCO)NC(=O)c1cc(-c2csc(C)n2)c[nH]1. The van der Waals surface area contributed by atoms with Crippen LogP contribution in [0, 0.1) is 6.92 Å². The Morgan fingerprint density at radius 1 is 1.62 bits per heavy atom. The number of aromatic amines is 1. The Kier molecular flexibility index (Phi) is 5.84. The zero-order valence-corrected chi connectivity index (χ0v) is 13.7. The molecular formula is C14H19N3O2S2. The minimum atomic E-state index is -0.152. The molecular weight excluding hydrogens is 306 g/mol. The number of aryl methyl sites for hydroxylation is 1. The van der Waals surface area contributed by atoms with Crippen molar-refractivity contribution >= 4 is 29.0 Å². The Bertz CT molecular complexity index is 589. The number of aliphatic hydroxyl groups excluding tert-OH is 1. The van der Waals surface area contributed by atoms with Crippen molar-refractivity contribution in [3.63, 3.8) is 0 Å². The normalized spacial score (nSPS) is 12.3. The fourth-order valence-corrected chi connectivity index (χ4v) is 3.26. The first-order valence-electron chi connectivity index (χ1n) is 6.65. The third kappa shape index (κ3) is 4.33. The molecule has 5 nitrogen and oxygen atoms in total. The number of H-pyrrole nitrogens is 1. The average molecular weight is 325 g/mol. The van der Waals surface area contributed by atoms with E-state index in [0.717, 1.165) is 22.0 Å². The zero-order valence-electron chi connectivity index (χ0n) is 12.0. The Labute approximate surface area is 132 Å². The molecule has 2 aromatic heterocycles. The van der Waals surface area contributed by atoms with Gasteiger partial charge in [-0.1, -0.05) is 0 Å². The van der Waals surface area contributed by atoms with E-state index in [9.17, 15) is 4.79 Å². The van der Waals surface area contributed by atoms with Gasteiger partial charge in [0, 0.05) is 35.5 Å². The minimum Gasteiger partial charge on any atom is -0.396 e. The summed E-state index contributed by atoms with van der Waals surface area (Å²) in [6.45, 7) is 2.02. The van der Waals surface area contributed by atoms with Crippen molar-refractivity contribution in [3.8, 4) is 11.3 Å². The largest absolute Gasteiger partial charge is 0.396 e. The second-order valence-corrected chi connectivity index (χ2v) is 6.66. The summed E-state index contributed by atoms with van der Waals surface area (Å²) in [6, 6.07) is 1.78. The lowest BCUT2D eigenvalue weighted by Gasteiger charge is -2.15. The van der Waals surface area contributed by atoms with Gasteiger partial charge < -0.3 is 15.4 Å². The molecule has 114 valence electrons. The Morgan fingerprint density at radius 3 is 3.05 bits per heavy atom. The number of hydrogen-bond donors (Lipinski definition) is 3. The van der Waals surface area contributed by atoms with Crippen LogP contribution in [0.5, 0.6) is 0 Å². The molecule has 0 bridgehead atoms. The van der Waals surface area contributed by atoms with Crippen molar-refractivity contribution in [1.82, 2.24) is 15.3 Å². The average Bonchev–Trinajstić information content (AvgIpc) is 3.07. The van der Waals surface area contributed by atoms with Gasteiger partial charge in [-0.15, -0.1) is 11.3 Å². The Balaban J connectivity index is 2.04. The first kappa shape index (κ1) is 16.1. The van der Waals surface area contributed by atoms with Gasteiger partial charge in [0.15, 0.2) is 0 Å². The fraction of sp³-hybridized carbons (Fsp3) is 0.429. The summed E-state index contributed by atoms with van der Waals surface area (Å²) in [4.78, 5) is 19.6. The molecule has 0 saturated heterocycles. The summed E-state index contributed by atoms with van der Waals surface area (Å²) in [5.41, 5.74) is 2.30. The predicted molar refractivity (Wildman–Crippen MR) is 88.0 cm³/mol. The van der Waals surface area contributed by atoms with Crippen LogP contribution in [0.4, 0.5) is 0 Å². The van der Waals surface area contributed by atoms with E-state index in [2.05, 4.69) is 15.3 Å². The van der Waals surface area contributed by atoms with Gasteiger partial charge in [0.1, 0.15) is 5.69 Å². The van der Waals surface area contributed by atoms with E-state index in [4.69, 9.17) is 5.11 Å². The first-order chi connectivity index (χ1) is 10.1. The van der Waals surface area contributed by atoms with Crippen LogP contribution >= 0.6 is 23.1 Å². The number of nitrogens with zero attached hydrogens (tertiary/aromatic N) is 1. The first-order valence-corrected chi connectivity index (χ1v) is 8.93. The molecule has 2 heterocycles. The van der Waals surface area contributed by atoms with E-state index in [-0.39, 0.29) is 18.6 Å². The highest BCUT2D eigenvalue weighted by molar-refractivity contribution is 7.98. The molecule has 0 radical (unpaired) electrons. The quantitative estimate of drug-likeness (QED) is 0.730. The Hall–Kier alpha value is -1.31. The third-order valence-corrected chi connectivity index (χ3v) is 4.53. The summed E-state index contributed by atoms with van der Waals surface area (Å²) < 4.78 is 0. The number of carbonyl (C=O) groups excluding carboxylic acids is 1. The molecule has 0 aliphatic rings. The molecule has 0 fully saturated rings. The maximum absolute atomic E-state index is 12.2. The van der Waals surface area contributed by atoms with Crippen LogP contribution in [0.15, 0.2) is 17.6 Å². The molecule has 7 heteroatoms. The number of aromatic nitrogens is 2. The van der Waals surface area contributed by atoms with E-state index in [1.807, 2.05) is 18.6 Å². The maximum Gasteiger partial charge on any atom is 0.267 e. The second-order valence-electron chi connectivity index (χ2n) is 4.69. The smallest absolute Gasteiger partial charge is 0.267 e. The second kappa shape index (κ2) is 7.63. The van der Waals surface area contributed by atoms with E-state index < -0.39 is 0 Å². The molecule has 21 heavy (non-hydrogen) atoms. The maximum atomic E-state index is 12.2. The molecule has 0 aliphatic carbocycles. The predicted octanol–water partition coefficient (Wildman–Crippen LogP) is 2.29. The standard InChI is InChI=1S/C14H19N3O2S2/c1-9-16-13(8-21-9)10-5-12(15-6-10)14(19)17-11(3-4-18)7-20-2/h5-6,8,11,15,18H,3-4,7H2,1-2H3,(H,17,19). The van der Waals surface area contributed by atoms with Crippen molar-refractivity contribution < 1.29 is 9.90 Å². The lowest BCUT2D eigenvalue weighted by Crippen LogP contribution is -2.37. The van der Waals surface area contributed by atoms with Gasteiger partial charge in [0.2, 0.25) is 0 Å². The van der Waals surface area contributed by atoms with Gasteiger partial charge in [-0.3, -0.25) is 4.79 Å². The van der Waals surface area contributed by atoms with E-state index in [1.165, 1.54) is 0 Å². The van der Waals surface area contributed by atoms with Gasteiger partial charge in [-0.25, -0.2) is 4.98 Å². The van der Waals surface area contributed by atoms with Crippen LogP contribution in [0.3, 0.4) is 0 Å². The van der Waals surface area contributed by atoms with Gasteiger partial charge >= 0.3 is 0 Å². The lowest BCUT2D eigenvalue weighted by atomic mass is 10.2. The van der Waals surface area contributed by atoms with E-state index in [1.54, 1.807) is 35.4 Å². The van der Waals surface area contributed by atoms with Crippen LogP contribution < -0.4 is 5.32 Å². The van der Waals surface area contributed by atoms with E-state index in [0.29, 0.717) is 12.1 Å². The van der Waals surface area contributed by atoms with Crippen molar-refractivity contribution in [2.45, 2.75) is 19.4 Å². The van der Waals surface area contributed by atoms with Gasteiger partial charge in [0.05, 0.1) is 10.7 Å². The van der Waals surface area contributed by atoms with Crippen molar-refractivity contribution in [2.24, 2.45) is 0 Å².